The number of hydrogen-bond donors (Lipinski definition) is 1. The summed E-state index contributed by atoms with van der Waals surface area (Å²) in [6.45, 7) is 2.88. The van der Waals surface area contributed by atoms with E-state index < -0.39 is 0 Å². The van der Waals surface area contributed by atoms with Gasteiger partial charge in [0.1, 0.15) is 5.82 Å². The van der Waals surface area contributed by atoms with Gasteiger partial charge in [-0.15, -0.1) is 0 Å². The van der Waals surface area contributed by atoms with E-state index in [-0.39, 0.29) is 0 Å². The largest absolute Gasteiger partial charge is 0.309 e. The monoisotopic (exact) mass is 206 g/mol. The molecule has 0 amide bonds. The van der Waals surface area contributed by atoms with Gasteiger partial charge in [0.25, 0.3) is 0 Å². The number of aromatic nitrogens is 2. The summed E-state index contributed by atoms with van der Waals surface area (Å²) in [5, 5.41) is 3.35. The third-order valence-electron chi connectivity index (χ3n) is 2.71. The average molecular weight is 206 g/mol. The Morgan fingerprint density at radius 2 is 2.13 bits per heavy atom. The summed E-state index contributed by atoms with van der Waals surface area (Å²) in [5.41, 5.74) is 0. The van der Waals surface area contributed by atoms with Crippen LogP contribution in [0.3, 0.4) is 0 Å². The van der Waals surface area contributed by atoms with Crippen LogP contribution < -0.4 is 5.32 Å². The molecule has 0 aromatic carbocycles. The van der Waals surface area contributed by atoms with Gasteiger partial charge in [0, 0.05) is 31.5 Å². The molecule has 0 saturated heterocycles. The van der Waals surface area contributed by atoms with Gasteiger partial charge >= 0.3 is 0 Å². The summed E-state index contributed by atoms with van der Waals surface area (Å²) < 4.78 is 0. The molecule has 1 aliphatic rings. The predicted molar refractivity (Wildman–Crippen MR) is 59.4 cm³/mol. The number of rotatable bonds is 6. The molecule has 1 fully saturated rings. The van der Waals surface area contributed by atoms with Crippen molar-refractivity contribution in [2.24, 2.45) is 0 Å². The Morgan fingerprint density at radius 1 is 1.40 bits per heavy atom. The molecule has 4 nitrogen and oxygen atoms in total. The number of likely N-dealkylation sites (N-methyl/N-ethyl adjacent to an activating group) is 1. The van der Waals surface area contributed by atoms with Crippen LogP contribution in [0.15, 0.2) is 18.5 Å². The van der Waals surface area contributed by atoms with Gasteiger partial charge in [0.15, 0.2) is 0 Å². The zero-order chi connectivity index (χ0) is 10.5. The Bertz CT molecular complexity index is 284. The first-order valence-corrected chi connectivity index (χ1v) is 5.53. The maximum absolute atomic E-state index is 4.16. The zero-order valence-electron chi connectivity index (χ0n) is 9.19. The van der Waals surface area contributed by atoms with Gasteiger partial charge in [0.05, 0.1) is 6.54 Å². The lowest BCUT2D eigenvalue weighted by atomic mass is 10.4. The van der Waals surface area contributed by atoms with E-state index in [0.717, 1.165) is 31.5 Å². The molecule has 0 bridgehead atoms. The van der Waals surface area contributed by atoms with Crippen LogP contribution in [-0.4, -0.2) is 41.0 Å². The molecule has 1 heterocycles. The van der Waals surface area contributed by atoms with Crippen LogP contribution in [0.25, 0.3) is 0 Å². The summed E-state index contributed by atoms with van der Waals surface area (Å²) in [4.78, 5) is 10.7. The highest BCUT2D eigenvalue weighted by atomic mass is 15.2. The second kappa shape index (κ2) is 5.19. The Labute approximate surface area is 90.7 Å². The second-order valence-electron chi connectivity index (χ2n) is 4.05. The lowest BCUT2D eigenvalue weighted by molar-refractivity contribution is 0.321. The lowest BCUT2D eigenvalue weighted by Gasteiger charge is -2.15. The second-order valence-corrected chi connectivity index (χ2v) is 4.05. The molecule has 1 aromatic rings. The SMILES string of the molecule is CN(CCNCc1ncccn1)C1CC1. The van der Waals surface area contributed by atoms with E-state index >= 15 is 0 Å². The first kappa shape index (κ1) is 10.5. The van der Waals surface area contributed by atoms with Crippen LogP contribution >= 0.6 is 0 Å². The fraction of sp³-hybridized carbons (Fsp3) is 0.636. The summed E-state index contributed by atoms with van der Waals surface area (Å²) in [6, 6.07) is 2.68. The maximum Gasteiger partial charge on any atom is 0.141 e. The minimum Gasteiger partial charge on any atom is -0.309 e. The van der Waals surface area contributed by atoms with E-state index in [4.69, 9.17) is 0 Å². The Morgan fingerprint density at radius 3 is 2.80 bits per heavy atom. The van der Waals surface area contributed by atoms with Crippen LogP contribution in [0.5, 0.6) is 0 Å². The van der Waals surface area contributed by atoms with Crippen molar-refractivity contribution in [3.63, 3.8) is 0 Å². The fourth-order valence-electron chi connectivity index (χ4n) is 1.57. The molecule has 0 atom stereocenters. The van der Waals surface area contributed by atoms with Crippen LogP contribution in [0.4, 0.5) is 0 Å². The summed E-state index contributed by atoms with van der Waals surface area (Å²) >= 11 is 0. The lowest BCUT2D eigenvalue weighted by Crippen LogP contribution is -2.30. The van der Waals surface area contributed by atoms with E-state index in [1.807, 2.05) is 6.07 Å². The van der Waals surface area contributed by atoms with Gasteiger partial charge in [-0.1, -0.05) is 0 Å². The first-order chi connectivity index (χ1) is 7.36. The van der Waals surface area contributed by atoms with Crippen molar-refractivity contribution in [2.75, 3.05) is 20.1 Å². The summed E-state index contributed by atoms with van der Waals surface area (Å²) in [6.07, 6.45) is 6.30. The van der Waals surface area contributed by atoms with Crippen LogP contribution in [0.1, 0.15) is 18.7 Å². The first-order valence-electron chi connectivity index (χ1n) is 5.53. The molecule has 1 N–H and O–H groups in total. The van der Waals surface area contributed by atoms with Gasteiger partial charge < -0.3 is 10.2 Å². The molecule has 1 saturated carbocycles. The van der Waals surface area contributed by atoms with E-state index in [1.54, 1.807) is 12.4 Å². The summed E-state index contributed by atoms with van der Waals surface area (Å²) in [7, 11) is 2.19. The van der Waals surface area contributed by atoms with Crippen molar-refractivity contribution in [1.82, 2.24) is 20.2 Å². The highest BCUT2D eigenvalue weighted by Crippen LogP contribution is 2.24. The smallest absolute Gasteiger partial charge is 0.141 e. The van der Waals surface area contributed by atoms with E-state index in [2.05, 4.69) is 27.2 Å². The normalized spacial score (nSPS) is 15.9. The van der Waals surface area contributed by atoms with Crippen molar-refractivity contribution >= 4 is 0 Å². The van der Waals surface area contributed by atoms with Crippen molar-refractivity contribution in [3.05, 3.63) is 24.3 Å². The van der Waals surface area contributed by atoms with Gasteiger partial charge in [0.2, 0.25) is 0 Å². The van der Waals surface area contributed by atoms with Crippen LogP contribution in [0, 0.1) is 0 Å². The van der Waals surface area contributed by atoms with Crippen molar-refractivity contribution in [3.8, 4) is 0 Å². The third kappa shape index (κ3) is 3.57. The topological polar surface area (TPSA) is 41.0 Å². The molecule has 2 rings (SSSR count). The predicted octanol–water partition coefficient (Wildman–Crippen LogP) is 0.660. The molecule has 1 aliphatic carbocycles. The Balaban J connectivity index is 1.58. The molecule has 0 unspecified atom stereocenters. The summed E-state index contributed by atoms with van der Waals surface area (Å²) in [5.74, 6) is 0.867. The molecular formula is C11H18N4. The number of hydrogen-bond acceptors (Lipinski definition) is 4. The number of nitrogens with one attached hydrogen (secondary N) is 1. The van der Waals surface area contributed by atoms with Crippen molar-refractivity contribution < 1.29 is 0 Å². The highest BCUT2D eigenvalue weighted by molar-refractivity contribution is 4.88. The minimum absolute atomic E-state index is 0.763. The molecule has 0 spiro atoms. The fourth-order valence-corrected chi connectivity index (χ4v) is 1.57. The van der Waals surface area contributed by atoms with E-state index in [0.29, 0.717) is 0 Å². The minimum atomic E-state index is 0.763. The van der Waals surface area contributed by atoms with Gasteiger partial charge in [-0.2, -0.15) is 0 Å². The molecular weight excluding hydrogens is 188 g/mol. The van der Waals surface area contributed by atoms with Gasteiger partial charge in [-0.05, 0) is 26.0 Å². The molecule has 0 aliphatic heterocycles. The highest BCUT2D eigenvalue weighted by Gasteiger charge is 2.25. The average Bonchev–Trinajstić information content (AvgIpc) is 3.09. The Hall–Kier alpha value is -1.00. The van der Waals surface area contributed by atoms with Crippen molar-refractivity contribution in [2.45, 2.75) is 25.4 Å². The zero-order valence-corrected chi connectivity index (χ0v) is 9.19. The van der Waals surface area contributed by atoms with Crippen molar-refractivity contribution in [1.29, 1.82) is 0 Å². The van der Waals surface area contributed by atoms with E-state index in [9.17, 15) is 0 Å². The van der Waals surface area contributed by atoms with Crippen LogP contribution in [0.2, 0.25) is 0 Å². The number of nitrogens with zero attached hydrogens (tertiary/aromatic N) is 3. The molecule has 15 heavy (non-hydrogen) atoms. The Kier molecular flexibility index (Phi) is 3.64. The molecule has 82 valence electrons. The van der Waals surface area contributed by atoms with Crippen LogP contribution in [-0.2, 0) is 6.54 Å². The third-order valence-corrected chi connectivity index (χ3v) is 2.71. The molecule has 4 heteroatoms. The van der Waals surface area contributed by atoms with E-state index in [1.165, 1.54) is 12.8 Å². The quantitative estimate of drug-likeness (QED) is 0.694. The molecule has 0 radical (unpaired) electrons. The standard InChI is InChI=1S/C11H18N4/c1-15(10-3-4-10)8-7-12-9-11-13-5-2-6-14-11/h2,5-6,10,12H,3-4,7-9H2,1H3. The molecule has 1 aromatic heterocycles. The van der Waals surface area contributed by atoms with Gasteiger partial charge in [-0.3, -0.25) is 0 Å². The van der Waals surface area contributed by atoms with Gasteiger partial charge in [-0.25, -0.2) is 9.97 Å². The maximum atomic E-state index is 4.16.